The van der Waals surface area contributed by atoms with Crippen molar-refractivity contribution in [2.24, 2.45) is 5.92 Å². The minimum atomic E-state index is -0.475. The van der Waals surface area contributed by atoms with E-state index in [2.05, 4.69) is 5.32 Å². The third-order valence-electron chi connectivity index (χ3n) is 6.48. The molecular weight excluding hydrogens is 412 g/mol. The van der Waals surface area contributed by atoms with Crippen molar-refractivity contribution in [2.75, 3.05) is 17.3 Å². The number of hydrogen-bond donors (Lipinski definition) is 1. The zero-order valence-corrected chi connectivity index (χ0v) is 19.6. The zero-order valence-electron chi connectivity index (χ0n) is 19.6. The normalized spacial score (nSPS) is 18.2. The molecule has 0 aliphatic carbocycles. The Morgan fingerprint density at radius 2 is 1.70 bits per heavy atom. The van der Waals surface area contributed by atoms with E-state index in [0.29, 0.717) is 18.6 Å². The van der Waals surface area contributed by atoms with Crippen LogP contribution in [0.4, 0.5) is 11.4 Å². The molecule has 3 aromatic rings. The van der Waals surface area contributed by atoms with Crippen LogP contribution in [0.25, 0.3) is 0 Å². The second-order valence-electron chi connectivity index (χ2n) is 8.72. The Bertz CT molecular complexity index is 1170. The molecule has 0 radical (unpaired) electrons. The van der Waals surface area contributed by atoms with Gasteiger partial charge in [-0.2, -0.15) is 0 Å². The van der Waals surface area contributed by atoms with Crippen LogP contribution in [0.2, 0.25) is 0 Å². The van der Waals surface area contributed by atoms with Gasteiger partial charge in [0.2, 0.25) is 11.8 Å². The highest BCUT2D eigenvalue weighted by molar-refractivity contribution is 6.00. The van der Waals surface area contributed by atoms with E-state index in [1.807, 2.05) is 87.5 Å². The van der Waals surface area contributed by atoms with Crippen LogP contribution in [0.3, 0.4) is 0 Å². The van der Waals surface area contributed by atoms with Crippen molar-refractivity contribution in [3.05, 3.63) is 89.0 Å². The van der Waals surface area contributed by atoms with Gasteiger partial charge in [0.15, 0.2) is 0 Å². The second-order valence-corrected chi connectivity index (χ2v) is 8.72. The molecule has 0 saturated carbocycles. The first-order chi connectivity index (χ1) is 15.9. The molecule has 5 heteroatoms. The van der Waals surface area contributed by atoms with Gasteiger partial charge in [-0.05, 0) is 68.7 Å². The number of piperidine rings is 1. The molecule has 1 fully saturated rings. The number of hydrogen-bond acceptors (Lipinski definition) is 3. The quantitative estimate of drug-likeness (QED) is 0.548. The van der Waals surface area contributed by atoms with Crippen LogP contribution >= 0.6 is 0 Å². The molecule has 5 nitrogen and oxygen atoms in total. The maximum atomic E-state index is 13.6. The molecule has 1 N–H and O–H groups in total. The fourth-order valence-electron chi connectivity index (χ4n) is 4.50. The van der Waals surface area contributed by atoms with Gasteiger partial charge in [-0.1, -0.05) is 42.0 Å². The smallest absolute Gasteiger partial charge is 0.229 e. The van der Waals surface area contributed by atoms with Gasteiger partial charge in [0, 0.05) is 23.4 Å². The first-order valence-corrected chi connectivity index (χ1v) is 11.3. The molecule has 0 spiro atoms. The Hall–Kier alpha value is -3.60. The predicted molar refractivity (Wildman–Crippen MR) is 132 cm³/mol. The number of nitrogens with zero attached hydrogens (tertiary/aromatic N) is 1. The molecule has 0 aromatic heterocycles. The number of carbonyl (C=O) groups excluding carboxylic acids is 2. The van der Waals surface area contributed by atoms with Gasteiger partial charge in [0.05, 0.1) is 19.1 Å². The van der Waals surface area contributed by atoms with Gasteiger partial charge >= 0.3 is 0 Å². The summed E-state index contributed by atoms with van der Waals surface area (Å²) in [7, 11) is 1.61. The molecule has 3 aromatic carbocycles. The lowest BCUT2D eigenvalue weighted by Gasteiger charge is -2.41. The number of ether oxygens (including phenoxy) is 1. The highest BCUT2D eigenvalue weighted by Crippen LogP contribution is 2.43. The van der Waals surface area contributed by atoms with Crippen molar-refractivity contribution in [1.82, 2.24) is 0 Å². The monoisotopic (exact) mass is 442 g/mol. The number of para-hydroxylation sites is 1. The Balaban J connectivity index is 1.77. The molecule has 4 rings (SSSR count). The van der Waals surface area contributed by atoms with Crippen LogP contribution in [-0.4, -0.2) is 18.9 Å². The largest absolute Gasteiger partial charge is 0.496 e. The minimum absolute atomic E-state index is 0.00462. The lowest BCUT2D eigenvalue weighted by Crippen LogP contribution is -2.47. The molecule has 2 atom stereocenters. The van der Waals surface area contributed by atoms with Crippen molar-refractivity contribution in [1.29, 1.82) is 0 Å². The van der Waals surface area contributed by atoms with Gasteiger partial charge in [0.25, 0.3) is 0 Å². The summed E-state index contributed by atoms with van der Waals surface area (Å²) >= 11 is 0. The maximum Gasteiger partial charge on any atom is 0.229 e. The van der Waals surface area contributed by atoms with Crippen molar-refractivity contribution < 1.29 is 14.3 Å². The summed E-state index contributed by atoms with van der Waals surface area (Å²) in [5, 5.41) is 3.10. The summed E-state index contributed by atoms with van der Waals surface area (Å²) in [5.74, 6) is 0.143. The van der Waals surface area contributed by atoms with Crippen molar-refractivity contribution in [3.63, 3.8) is 0 Å². The molecule has 0 bridgehead atoms. The third kappa shape index (κ3) is 4.63. The molecule has 33 heavy (non-hydrogen) atoms. The van der Waals surface area contributed by atoms with Gasteiger partial charge in [-0.15, -0.1) is 0 Å². The lowest BCUT2D eigenvalue weighted by atomic mass is 9.82. The Kier molecular flexibility index (Phi) is 6.50. The average molecular weight is 443 g/mol. The predicted octanol–water partition coefficient (Wildman–Crippen LogP) is 5.74. The van der Waals surface area contributed by atoms with Gasteiger partial charge in [0.1, 0.15) is 5.75 Å². The maximum absolute atomic E-state index is 13.6. The first-order valence-electron chi connectivity index (χ1n) is 11.3. The van der Waals surface area contributed by atoms with E-state index in [-0.39, 0.29) is 11.8 Å². The van der Waals surface area contributed by atoms with Crippen molar-refractivity contribution in [3.8, 4) is 5.75 Å². The summed E-state index contributed by atoms with van der Waals surface area (Å²) in [6, 6.07) is 20.9. The number of benzene rings is 3. The SMILES string of the molecule is COc1ccccc1[C@H]1[C@H](C(=O)Nc2ccc(C)c(C)c2)CCC(=O)N1c1ccc(C)cc1. The molecule has 1 heterocycles. The van der Waals surface area contributed by atoms with Crippen LogP contribution in [-0.2, 0) is 9.59 Å². The average Bonchev–Trinajstić information content (AvgIpc) is 2.82. The zero-order chi connectivity index (χ0) is 23.5. The number of amides is 2. The highest BCUT2D eigenvalue weighted by atomic mass is 16.5. The fraction of sp³-hybridized carbons (Fsp3) is 0.286. The van der Waals surface area contributed by atoms with E-state index in [1.54, 1.807) is 12.0 Å². The number of anilines is 2. The molecular formula is C28H30N2O3. The molecule has 1 aliphatic rings. The van der Waals surface area contributed by atoms with Crippen molar-refractivity contribution >= 4 is 23.2 Å². The van der Waals surface area contributed by atoms with E-state index >= 15 is 0 Å². The summed E-state index contributed by atoms with van der Waals surface area (Å²) in [5.41, 5.74) is 5.78. The van der Waals surface area contributed by atoms with E-state index < -0.39 is 12.0 Å². The van der Waals surface area contributed by atoms with Crippen LogP contribution in [0.1, 0.15) is 41.1 Å². The molecule has 1 saturated heterocycles. The van der Waals surface area contributed by atoms with Crippen LogP contribution in [0.5, 0.6) is 5.75 Å². The van der Waals surface area contributed by atoms with E-state index in [4.69, 9.17) is 4.74 Å². The molecule has 0 unspecified atom stereocenters. The number of rotatable bonds is 5. The number of carbonyl (C=O) groups is 2. The summed E-state index contributed by atoms with van der Waals surface area (Å²) in [6.07, 6.45) is 0.783. The lowest BCUT2D eigenvalue weighted by molar-refractivity contribution is -0.125. The second kappa shape index (κ2) is 9.49. The van der Waals surface area contributed by atoms with E-state index in [0.717, 1.165) is 28.1 Å². The van der Waals surface area contributed by atoms with Crippen LogP contribution in [0, 0.1) is 26.7 Å². The standard InChI is InChI=1S/C28H30N2O3/c1-18-9-13-22(14-10-18)30-26(31)16-15-24(27(30)23-7-5-6-8-25(23)33-4)28(32)29-21-12-11-19(2)20(3)17-21/h5-14,17,24,27H,15-16H2,1-4H3,(H,29,32)/t24-,27+/m1/s1. The Morgan fingerprint density at radius 3 is 2.39 bits per heavy atom. The number of methoxy groups -OCH3 is 1. The fourth-order valence-corrected chi connectivity index (χ4v) is 4.50. The minimum Gasteiger partial charge on any atom is -0.496 e. The topological polar surface area (TPSA) is 58.6 Å². The Morgan fingerprint density at radius 1 is 0.970 bits per heavy atom. The number of aryl methyl sites for hydroxylation is 3. The first kappa shape index (κ1) is 22.6. The molecule has 170 valence electrons. The summed E-state index contributed by atoms with van der Waals surface area (Å²) in [6.45, 7) is 6.09. The van der Waals surface area contributed by atoms with E-state index in [1.165, 1.54) is 5.56 Å². The summed E-state index contributed by atoms with van der Waals surface area (Å²) < 4.78 is 5.64. The third-order valence-corrected chi connectivity index (χ3v) is 6.48. The van der Waals surface area contributed by atoms with Gasteiger partial charge in [-0.3, -0.25) is 9.59 Å². The Labute approximate surface area is 195 Å². The summed E-state index contributed by atoms with van der Waals surface area (Å²) in [4.78, 5) is 28.6. The van der Waals surface area contributed by atoms with Gasteiger partial charge < -0.3 is 15.0 Å². The van der Waals surface area contributed by atoms with Crippen molar-refractivity contribution in [2.45, 2.75) is 39.7 Å². The molecule has 2 amide bonds. The van der Waals surface area contributed by atoms with E-state index in [9.17, 15) is 9.59 Å². The highest BCUT2D eigenvalue weighted by Gasteiger charge is 2.42. The van der Waals surface area contributed by atoms with Crippen LogP contribution in [0.15, 0.2) is 66.7 Å². The molecule has 1 aliphatic heterocycles. The van der Waals surface area contributed by atoms with Gasteiger partial charge in [-0.25, -0.2) is 0 Å². The van der Waals surface area contributed by atoms with Crippen LogP contribution < -0.4 is 15.0 Å². The number of nitrogens with one attached hydrogen (secondary N) is 1.